The molecule has 4 heteroatoms. The van der Waals surface area contributed by atoms with Gasteiger partial charge in [0.15, 0.2) is 11.5 Å². The quantitative estimate of drug-likeness (QED) is 0.750. The minimum Gasteiger partial charge on any atom is -0.466 e. The fourth-order valence-electron chi connectivity index (χ4n) is 1.65. The Labute approximate surface area is 99.8 Å². The fourth-order valence-corrected chi connectivity index (χ4v) is 1.65. The summed E-state index contributed by atoms with van der Waals surface area (Å²) in [5, 5.41) is 0. The van der Waals surface area contributed by atoms with Crippen LogP contribution >= 0.6 is 0 Å². The van der Waals surface area contributed by atoms with Crippen LogP contribution in [0.25, 0.3) is 0 Å². The predicted octanol–water partition coefficient (Wildman–Crippen LogP) is 2.42. The van der Waals surface area contributed by atoms with Crippen LogP contribution in [0.15, 0.2) is 30.7 Å². The highest BCUT2D eigenvalue weighted by molar-refractivity contribution is 5.70. The lowest BCUT2D eigenvalue weighted by Gasteiger charge is -2.15. The van der Waals surface area contributed by atoms with Gasteiger partial charge < -0.3 is 14.2 Å². The van der Waals surface area contributed by atoms with Gasteiger partial charge in [-0.05, 0) is 25.0 Å². The second-order valence-corrected chi connectivity index (χ2v) is 3.56. The van der Waals surface area contributed by atoms with Gasteiger partial charge in [-0.2, -0.15) is 0 Å². The number of para-hydroxylation sites is 1. The molecule has 2 rings (SSSR count). The summed E-state index contributed by atoms with van der Waals surface area (Å²) in [5.74, 6) is 1.16. The molecule has 0 saturated carbocycles. The van der Waals surface area contributed by atoms with Gasteiger partial charge in [-0.1, -0.05) is 12.1 Å². The number of hydrogen-bond acceptors (Lipinski definition) is 4. The molecular formula is C13H14O4. The summed E-state index contributed by atoms with van der Waals surface area (Å²) in [6, 6.07) is 5.62. The van der Waals surface area contributed by atoms with Crippen molar-refractivity contribution in [1.29, 1.82) is 0 Å². The highest BCUT2D eigenvalue weighted by Crippen LogP contribution is 2.34. The maximum Gasteiger partial charge on any atom is 0.306 e. The molecule has 0 amide bonds. The molecule has 17 heavy (non-hydrogen) atoms. The van der Waals surface area contributed by atoms with Crippen molar-refractivity contribution < 1.29 is 19.0 Å². The SMILES string of the molecule is CCOC(=O)CCc1cccc2c1OC=CO2. The van der Waals surface area contributed by atoms with Crippen molar-refractivity contribution in [1.82, 2.24) is 0 Å². The molecule has 0 atom stereocenters. The summed E-state index contributed by atoms with van der Waals surface area (Å²) in [4.78, 5) is 11.3. The van der Waals surface area contributed by atoms with Crippen LogP contribution < -0.4 is 9.47 Å². The number of ether oxygens (including phenoxy) is 3. The van der Waals surface area contributed by atoms with Gasteiger partial charge in [0.05, 0.1) is 6.61 Å². The lowest BCUT2D eigenvalue weighted by molar-refractivity contribution is -0.143. The zero-order chi connectivity index (χ0) is 12.1. The largest absolute Gasteiger partial charge is 0.466 e. The van der Waals surface area contributed by atoms with Gasteiger partial charge in [0, 0.05) is 6.42 Å². The molecule has 0 spiro atoms. The maximum absolute atomic E-state index is 11.3. The van der Waals surface area contributed by atoms with Gasteiger partial charge in [0.25, 0.3) is 0 Å². The van der Waals surface area contributed by atoms with Crippen molar-refractivity contribution in [2.24, 2.45) is 0 Å². The minimum atomic E-state index is -0.197. The third-order valence-electron chi connectivity index (χ3n) is 2.40. The third-order valence-corrected chi connectivity index (χ3v) is 2.40. The Morgan fingerprint density at radius 3 is 2.94 bits per heavy atom. The first-order valence-electron chi connectivity index (χ1n) is 5.57. The first-order valence-corrected chi connectivity index (χ1v) is 5.57. The first-order chi connectivity index (χ1) is 8.31. The fraction of sp³-hybridized carbons (Fsp3) is 0.308. The molecule has 0 radical (unpaired) electrons. The van der Waals surface area contributed by atoms with Crippen LogP contribution in [0.5, 0.6) is 11.5 Å². The standard InChI is InChI=1S/C13H14O4/c1-2-15-12(14)7-6-10-4-3-5-11-13(10)17-9-8-16-11/h3-5,8-9H,2,6-7H2,1H3. The number of carbonyl (C=O) groups excluding carboxylic acids is 1. The second kappa shape index (κ2) is 5.39. The molecule has 0 fully saturated rings. The van der Waals surface area contributed by atoms with Crippen LogP contribution in [-0.2, 0) is 16.0 Å². The molecule has 1 aliphatic rings. The smallest absolute Gasteiger partial charge is 0.306 e. The van der Waals surface area contributed by atoms with E-state index in [4.69, 9.17) is 14.2 Å². The molecule has 0 saturated heterocycles. The van der Waals surface area contributed by atoms with E-state index < -0.39 is 0 Å². The van der Waals surface area contributed by atoms with Gasteiger partial charge in [-0.25, -0.2) is 0 Å². The summed E-state index contributed by atoms with van der Waals surface area (Å²) in [5.41, 5.74) is 0.944. The molecule has 4 nitrogen and oxygen atoms in total. The predicted molar refractivity (Wildman–Crippen MR) is 61.8 cm³/mol. The van der Waals surface area contributed by atoms with Gasteiger partial charge in [-0.3, -0.25) is 4.79 Å². The highest BCUT2D eigenvalue weighted by atomic mass is 16.5. The van der Waals surface area contributed by atoms with Crippen molar-refractivity contribution in [2.75, 3.05) is 6.61 Å². The van der Waals surface area contributed by atoms with E-state index in [-0.39, 0.29) is 5.97 Å². The Morgan fingerprint density at radius 2 is 2.12 bits per heavy atom. The molecule has 0 unspecified atom stereocenters. The van der Waals surface area contributed by atoms with E-state index in [1.54, 1.807) is 6.92 Å². The van der Waals surface area contributed by atoms with Gasteiger partial charge >= 0.3 is 5.97 Å². The van der Waals surface area contributed by atoms with E-state index in [2.05, 4.69) is 0 Å². The van der Waals surface area contributed by atoms with Crippen LogP contribution in [0, 0.1) is 0 Å². The van der Waals surface area contributed by atoms with E-state index in [1.807, 2.05) is 18.2 Å². The van der Waals surface area contributed by atoms with Crippen LogP contribution in [0.1, 0.15) is 18.9 Å². The van der Waals surface area contributed by atoms with Crippen LogP contribution in [0.2, 0.25) is 0 Å². The summed E-state index contributed by atoms with van der Waals surface area (Å²) < 4.78 is 15.6. The normalized spacial score (nSPS) is 12.3. The number of carbonyl (C=O) groups is 1. The lowest BCUT2D eigenvalue weighted by Crippen LogP contribution is -2.06. The average molecular weight is 234 g/mol. The van der Waals surface area contributed by atoms with E-state index in [9.17, 15) is 4.79 Å². The average Bonchev–Trinajstić information content (AvgIpc) is 2.36. The van der Waals surface area contributed by atoms with E-state index in [0.29, 0.717) is 30.9 Å². The van der Waals surface area contributed by atoms with E-state index in [0.717, 1.165) is 5.56 Å². The Morgan fingerprint density at radius 1 is 1.29 bits per heavy atom. The van der Waals surface area contributed by atoms with E-state index >= 15 is 0 Å². The number of hydrogen-bond donors (Lipinski definition) is 0. The zero-order valence-corrected chi connectivity index (χ0v) is 9.64. The number of benzene rings is 1. The molecule has 1 aromatic rings. The van der Waals surface area contributed by atoms with Crippen molar-refractivity contribution in [3.05, 3.63) is 36.3 Å². The Balaban J connectivity index is 2.04. The summed E-state index contributed by atoms with van der Waals surface area (Å²) in [6.45, 7) is 2.21. The van der Waals surface area contributed by atoms with E-state index in [1.165, 1.54) is 12.5 Å². The number of fused-ring (bicyclic) bond motifs is 1. The molecule has 0 aliphatic carbocycles. The molecule has 0 bridgehead atoms. The first kappa shape index (κ1) is 11.5. The van der Waals surface area contributed by atoms with Crippen molar-refractivity contribution >= 4 is 5.97 Å². The zero-order valence-electron chi connectivity index (χ0n) is 9.64. The van der Waals surface area contributed by atoms with Gasteiger partial charge in [-0.15, -0.1) is 0 Å². The molecule has 1 heterocycles. The second-order valence-electron chi connectivity index (χ2n) is 3.56. The molecular weight excluding hydrogens is 220 g/mol. The molecule has 1 aromatic carbocycles. The van der Waals surface area contributed by atoms with Crippen LogP contribution in [0.4, 0.5) is 0 Å². The van der Waals surface area contributed by atoms with Crippen molar-refractivity contribution in [3.63, 3.8) is 0 Å². The topological polar surface area (TPSA) is 44.8 Å². The number of rotatable bonds is 4. The summed E-state index contributed by atoms with van der Waals surface area (Å²) in [6.07, 6.45) is 3.89. The molecule has 0 N–H and O–H groups in total. The summed E-state index contributed by atoms with van der Waals surface area (Å²) >= 11 is 0. The van der Waals surface area contributed by atoms with Gasteiger partial charge in [0.2, 0.25) is 0 Å². The Bertz CT molecular complexity index is 437. The number of aryl methyl sites for hydroxylation is 1. The third kappa shape index (κ3) is 2.78. The monoisotopic (exact) mass is 234 g/mol. The number of esters is 1. The molecule has 0 aromatic heterocycles. The highest BCUT2D eigenvalue weighted by Gasteiger charge is 2.14. The molecule has 1 aliphatic heterocycles. The molecule has 90 valence electrons. The lowest BCUT2D eigenvalue weighted by atomic mass is 10.1. The van der Waals surface area contributed by atoms with Crippen molar-refractivity contribution in [3.8, 4) is 11.5 Å². The summed E-state index contributed by atoms with van der Waals surface area (Å²) in [7, 11) is 0. The van der Waals surface area contributed by atoms with Crippen LogP contribution in [0.3, 0.4) is 0 Å². The maximum atomic E-state index is 11.3. The Hall–Kier alpha value is -1.97. The van der Waals surface area contributed by atoms with Crippen LogP contribution in [-0.4, -0.2) is 12.6 Å². The van der Waals surface area contributed by atoms with Gasteiger partial charge in [0.1, 0.15) is 12.5 Å². The Kier molecular flexibility index (Phi) is 3.65. The van der Waals surface area contributed by atoms with Crippen molar-refractivity contribution in [2.45, 2.75) is 19.8 Å². The minimum absolute atomic E-state index is 0.197.